The summed E-state index contributed by atoms with van der Waals surface area (Å²) in [6, 6.07) is 9.51. The highest BCUT2D eigenvalue weighted by atomic mass is 32.1. The van der Waals surface area contributed by atoms with Crippen LogP contribution in [0.2, 0.25) is 0 Å². The zero-order valence-corrected chi connectivity index (χ0v) is 15.0. The Bertz CT molecular complexity index is 837. The van der Waals surface area contributed by atoms with Gasteiger partial charge in [0, 0.05) is 21.5 Å². The summed E-state index contributed by atoms with van der Waals surface area (Å²) in [5.74, 6) is 0.813. The van der Waals surface area contributed by atoms with E-state index in [2.05, 4.69) is 22.9 Å². The number of benzene rings is 1. The second-order valence-corrected chi connectivity index (χ2v) is 7.30. The Morgan fingerprint density at radius 3 is 2.65 bits per heavy atom. The van der Waals surface area contributed by atoms with E-state index < -0.39 is 0 Å². The third kappa shape index (κ3) is 3.57. The smallest absolute Gasteiger partial charge is 0.226 e. The summed E-state index contributed by atoms with van der Waals surface area (Å²) in [5.41, 5.74) is 2.78. The first-order valence-electron chi connectivity index (χ1n) is 6.77. The Hall–Kier alpha value is -1.83. The first-order chi connectivity index (χ1) is 11.1. The van der Waals surface area contributed by atoms with E-state index in [1.807, 2.05) is 42.6 Å². The van der Waals surface area contributed by atoms with E-state index in [0.29, 0.717) is 4.88 Å². The van der Waals surface area contributed by atoms with Gasteiger partial charge in [0.05, 0.1) is 17.7 Å². The number of nitrogens with one attached hydrogen (secondary N) is 1. The zero-order valence-electron chi connectivity index (χ0n) is 12.5. The molecule has 1 aromatic carbocycles. The van der Waals surface area contributed by atoms with Crippen molar-refractivity contribution >= 4 is 51.2 Å². The van der Waals surface area contributed by atoms with Crippen LogP contribution < -0.4 is 10.1 Å². The second-order valence-electron chi connectivity index (χ2n) is 4.78. The number of rotatable bonds is 5. The van der Waals surface area contributed by atoms with Gasteiger partial charge < -0.3 is 10.1 Å². The van der Waals surface area contributed by atoms with Crippen molar-refractivity contribution < 1.29 is 9.53 Å². The van der Waals surface area contributed by atoms with Gasteiger partial charge in [-0.25, -0.2) is 4.98 Å². The lowest BCUT2D eigenvalue weighted by Crippen LogP contribution is -1.90. The van der Waals surface area contributed by atoms with Crippen molar-refractivity contribution in [3.8, 4) is 17.0 Å². The van der Waals surface area contributed by atoms with Crippen molar-refractivity contribution in [3.63, 3.8) is 0 Å². The predicted molar refractivity (Wildman–Crippen MR) is 99.8 cm³/mol. The van der Waals surface area contributed by atoms with E-state index in [0.717, 1.165) is 32.7 Å². The Morgan fingerprint density at radius 1 is 1.30 bits per heavy atom. The molecule has 0 saturated carbocycles. The van der Waals surface area contributed by atoms with Crippen LogP contribution in [0.4, 0.5) is 10.8 Å². The molecule has 0 amide bonds. The highest BCUT2D eigenvalue weighted by molar-refractivity contribution is 7.97. The molecular weight excluding hydrogens is 348 g/mol. The van der Waals surface area contributed by atoms with Crippen LogP contribution in [-0.4, -0.2) is 17.2 Å². The molecule has 2 heterocycles. The minimum Gasteiger partial charge on any atom is -0.497 e. The first kappa shape index (κ1) is 16.0. The predicted octanol–water partition coefficient (Wildman–Crippen LogP) is 5.00. The Balaban J connectivity index is 1.81. The summed E-state index contributed by atoms with van der Waals surface area (Å²) in [7, 11) is 1.64. The van der Waals surface area contributed by atoms with E-state index in [-0.39, 0.29) is 5.12 Å². The molecule has 0 atom stereocenters. The topological polar surface area (TPSA) is 51.2 Å². The molecule has 1 N–H and O–H groups in total. The Morgan fingerprint density at radius 2 is 2.04 bits per heavy atom. The van der Waals surface area contributed by atoms with Gasteiger partial charge >= 0.3 is 0 Å². The fourth-order valence-corrected chi connectivity index (χ4v) is 3.89. The maximum absolute atomic E-state index is 11.4. The van der Waals surface area contributed by atoms with E-state index in [9.17, 15) is 4.79 Å². The fraction of sp³-hybridized carbons (Fsp3) is 0.125. The third-order valence-corrected chi connectivity index (χ3v) is 5.45. The summed E-state index contributed by atoms with van der Waals surface area (Å²) in [6.07, 6.45) is 0. The monoisotopic (exact) mass is 362 g/mol. The number of aryl methyl sites for hydroxylation is 1. The summed E-state index contributed by atoms with van der Waals surface area (Å²) in [5, 5.41) is 5.84. The fourth-order valence-electron chi connectivity index (χ4n) is 2.09. The van der Waals surface area contributed by atoms with Crippen molar-refractivity contribution in [2.24, 2.45) is 0 Å². The van der Waals surface area contributed by atoms with Crippen molar-refractivity contribution in [2.75, 3.05) is 12.4 Å². The molecule has 4 nitrogen and oxygen atoms in total. The van der Waals surface area contributed by atoms with Gasteiger partial charge in [-0.15, -0.1) is 22.7 Å². The van der Waals surface area contributed by atoms with Gasteiger partial charge in [-0.05, 0) is 37.3 Å². The van der Waals surface area contributed by atoms with Gasteiger partial charge in [-0.2, -0.15) is 0 Å². The number of thiazole rings is 1. The number of aromatic nitrogens is 1. The van der Waals surface area contributed by atoms with Crippen LogP contribution in [0, 0.1) is 6.92 Å². The molecule has 3 rings (SSSR count). The number of methoxy groups -OCH3 is 1. The minimum absolute atomic E-state index is 0.212. The van der Waals surface area contributed by atoms with Gasteiger partial charge in [-0.1, -0.05) is 12.6 Å². The van der Waals surface area contributed by atoms with Crippen LogP contribution in [0.5, 0.6) is 5.75 Å². The van der Waals surface area contributed by atoms with E-state index in [1.54, 1.807) is 7.11 Å². The van der Waals surface area contributed by atoms with Gasteiger partial charge in [0.25, 0.3) is 0 Å². The molecular formula is C16H14N2O2S3. The van der Waals surface area contributed by atoms with Gasteiger partial charge in [-0.3, -0.25) is 4.79 Å². The molecule has 23 heavy (non-hydrogen) atoms. The summed E-state index contributed by atoms with van der Waals surface area (Å²) in [6.45, 7) is 1.98. The molecule has 0 spiro atoms. The van der Waals surface area contributed by atoms with Crippen LogP contribution in [-0.2, 0) is 0 Å². The molecule has 0 aliphatic heterocycles. The molecule has 3 aromatic rings. The Labute approximate surface area is 147 Å². The van der Waals surface area contributed by atoms with Crippen molar-refractivity contribution in [1.82, 2.24) is 4.98 Å². The maximum Gasteiger partial charge on any atom is 0.226 e. The molecule has 0 saturated heterocycles. The largest absolute Gasteiger partial charge is 0.497 e. The number of hydrogen-bond acceptors (Lipinski definition) is 6. The minimum atomic E-state index is -0.212. The lowest BCUT2D eigenvalue weighted by atomic mass is 10.2. The van der Waals surface area contributed by atoms with Crippen LogP contribution in [0.25, 0.3) is 11.3 Å². The normalized spacial score (nSPS) is 10.6. The average molecular weight is 363 g/mol. The Kier molecular flexibility index (Phi) is 4.70. The molecule has 2 aromatic heterocycles. The molecule has 0 unspecified atom stereocenters. The number of anilines is 2. The van der Waals surface area contributed by atoms with Crippen molar-refractivity contribution in [3.05, 3.63) is 45.5 Å². The van der Waals surface area contributed by atoms with Crippen LogP contribution in [0.3, 0.4) is 0 Å². The SMILES string of the molecule is COc1ccc(Nc2nc(-c3cc(C(=O)S)sc3C)cs2)cc1. The standard InChI is InChI=1S/C16H14N2O2S3/c1-9-12(7-14(23-9)15(19)21)13-8-22-16(18-13)17-10-3-5-11(20-2)6-4-10/h3-8H,1-2H3,(H,17,18)(H,19,21). The molecule has 0 bridgehead atoms. The second kappa shape index (κ2) is 6.74. The number of ether oxygens (including phenoxy) is 1. The highest BCUT2D eigenvalue weighted by Crippen LogP contribution is 2.34. The summed E-state index contributed by atoms with van der Waals surface area (Å²) in [4.78, 5) is 17.7. The number of thiol groups is 1. The molecule has 118 valence electrons. The van der Waals surface area contributed by atoms with Crippen LogP contribution in [0.1, 0.15) is 14.5 Å². The van der Waals surface area contributed by atoms with Crippen molar-refractivity contribution in [1.29, 1.82) is 0 Å². The lowest BCUT2D eigenvalue weighted by molar-refractivity contribution is 0.109. The molecule has 0 aliphatic carbocycles. The summed E-state index contributed by atoms with van der Waals surface area (Å²) >= 11 is 6.84. The molecule has 7 heteroatoms. The first-order valence-corrected chi connectivity index (χ1v) is 8.92. The quantitative estimate of drug-likeness (QED) is 0.627. The highest BCUT2D eigenvalue weighted by Gasteiger charge is 2.14. The van der Waals surface area contributed by atoms with Crippen LogP contribution in [0.15, 0.2) is 35.7 Å². The molecule has 0 aliphatic rings. The number of carbonyl (C=O) groups is 1. The summed E-state index contributed by atoms with van der Waals surface area (Å²) < 4.78 is 5.14. The third-order valence-electron chi connectivity index (χ3n) is 3.25. The van der Waals surface area contributed by atoms with Gasteiger partial charge in [0.15, 0.2) is 5.13 Å². The molecule has 0 fully saturated rings. The number of thiophene rings is 1. The van der Waals surface area contributed by atoms with Crippen LogP contribution >= 0.6 is 35.3 Å². The lowest BCUT2D eigenvalue weighted by Gasteiger charge is -2.03. The van der Waals surface area contributed by atoms with E-state index in [1.165, 1.54) is 22.7 Å². The number of hydrogen-bond donors (Lipinski definition) is 2. The zero-order chi connectivity index (χ0) is 16.4. The average Bonchev–Trinajstić information content (AvgIpc) is 3.14. The number of carbonyl (C=O) groups excluding carboxylic acids is 1. The van der Waals surface area contributed by atoms with Crippen molar-refractivity contribution in [2.45, 2.75) is 6.92 Å². The van der Waals surface area contributed by atoms with Gasteiger partial charge in [0.2, 0.25) is 5.12 Å². The number of nitrogens with zero attached hydrogens (tertiary/aromatic N) is 1. The van der Waals surface area contributed by atoms with E-state index >= 15 is 0 Å². The van der Waals surface area contributed by atoms with E-state index in [4.69, 9.17) is 4.74 Å². The maximum atomic E-state index is 11.4. The molecule has 0 radical (unpaired) electrons. The van der Waals surface area contributed by atoms with Gasteiger partial charge in [0.1, 0.15) is 5.75 Å².